The third-order valence-electron chi connectivity index (χ3n) is 5.07. The van der Waals surface area contributed by atoms with Gasteiger partial charge in [0, 0.05) is 24.0 Å². The highest BCUT2D eigenvalue weighted by molar-refractivity contribution is 5.74. The van der Waals surface area contributed by atoms with E-state index in [1.54, 1.807) is 18.6 Å². The number of carbonyl (C=O) groups excluding carboxylic acids is 1. The molecule has 3 aromatic rings. The van der Waals surface area contributed by atoms with Crippen molar-refractivity contribution in [1.29, 1.82) is 0 Å². The zero-order valence-electron chi connectivity index (χ0n) is 15.9. The van der Waals surface area contributed by atoms with Gasteiger partial charge in [-0.15, -0.1) is 0 Å². The number of oxazole rings is 1. The number of nitrogens with zero attached hydrogens (tertiary/aromatic N) is 2. The molecule has 2 heterocycles. The van der Waals surface area contributed by atoms with Crippen molar-refractivity contribution in [3.05, 3.63) is 54.7 Å². The van der Waals surface area contributed by atoms with Crippen molar-refractivity contribution in [1.82, 2.24) is 15.3 Å². The minimum Gasteiger partial charge on any atom is -0.444 e. The van der Waals surface area contributed by atoms with E-state index in [2.05, 4.69) is 15.3 Å². The minimum absolute atomic E-state index is 0.214. The van der Waals surface area contributed by atoms with Crippen molar-refractivity contribution >= 4 is 6.09 Å². The van der Waals surface area contributed by atoms with Gasteiger partial charge in [-0.1, -0.05) is 31.4 Å². The Labute approximate surface area is 164 Å². The number of pyridine rings is 1. The van der Waals surface area contributed by atoms with Crippen LogP contribution in [-0.2, 0) is 0 Å². The van der Waals surface area contributed by atoms with Crippen molar-refractivity contribution in [2.45, 2.75) is 45.1 Å². The van der Waals surface area contributed by atoms with Crippen molar-refractivity contribution in [3.8, 4) is 28.3 Å². The molecule has 0 spiro atoms. The molecule has 0 saturated heterocycles. The van der Waals surface area contributed by atoms with E-state index in [9.17, 15) is 4.79 Å². The molecule has 144 valence electrons. The smallest absolute Gasteiger partial charge is 0.412 e. The van der Waals surface area contributed by atoms with Gasteiger partial charge in [0.1, 0.15) is 12.0 Å². The summed E-state index contributed by atoms with van der Waals surface area (Å²) in [7, 11) is 0. The van der Waals surface area contributed by atoms with Crippen LogP contribution in [-0.4, -0.2) is 22.1 Å². The first-order chi connectivity index (χ1) is 13.7. The third-order valence-corrected chi connectivity index (χ3v) is 5.07. The Bertz CT molecular complexity index is 947. The number of aromatic nitrogens is 2. The van der Waals surface area contributed by atoms with Crippen molar-refractivity contribution in [2.24, 2.45) is 0 Å². The quantitative estimate of drug-likeness (QED) is 0.682. The van der Waals surface area contributed by atoms with Crippen molar-refractivity contribution in [3.63, 3.8) is 0 Å². The topological polar surface area (TPSA) is 77.2 Å². The van der Waals surface area contributed by atoms with Crippen LogP contribution in [0.15, 0.2) is 53.5 Å². The molecule has 4 rings (SSSR count). The van der Waals surface area contributed by atoms with Gasteiger partial charge in [-0.05, 0) is 43.0 Å². The molecule has 28 heavy (non-hydrogen) atoms. The molecule has 0 unspecified atom stereocenters. The maximum Gasteiger partial charge on any atom is 0.412 e. The first-order valence-electron chi connectivity index (χ1n) is 9.63. The summed E-state index contributed by atoms with van der Waals surface area (Å²) in [6.45, 7) is 1.93. The highest BCUT2D eigenvalue weighted by Crippen LogP contribution is 2.29. The number of hydrogen-bond acceptors (Lipinski definition) is 5. The van der Waals surface area contributed by atoms with Crippen LogP contribution in [0, 0.1) is 6.92 Å². The first-order valence-corrected chi connectivity index (χ1v) is 9.63. The van der Waals surface area contributed by atoms with Gasteiger partial charge in [0.05, 0.1) is 11.8 Å². The summed E-state index contributed by atoms with van der Waals surface area (Å²) in [5, 5.41) is 2.99. The molecule has 1 fully saturated rings. The number of ether oxygens (including phenoxy) is 1. The van der Waals surface area contributed by atoms with E-state index >= 15 is 0 Å². The molecule has 0 aliphatic heterocycles. The van der Waals surface area contributed by atoms with E-state index in [4.69, 9.17) is 9.15 Å². The van der Waals surface area contributed by atoms with Crippen molar-refractivity contribution < 1.29 is 13.9 Å². The fraction of sp³-hybridized carbons (Fsp3) is 0.318. The van der Waals surface area contributed by atoms with E-state index < -0.39 is 0 Å². The molecular formula is C22H23N3O3. The fourth-order valence-electron chi connectivity index (χ4n) is 3.51. The summed E-state index contributed by atoms with van der Waals surface area (Å²) in [4.78, 5) is 20.8. The number of aryl methyl sites for hydroxylation is 1. The zero-order valence-corrected chi connectivity index (χ0v) is 15.9. The predicted molar refractivity (Wildman–Crippen MR) is 106 cm³/mol. The number of rotatable bonds is 4. The lowest BCUT2D eigenvalue weighted by Crippen LogP contribution is -2.38. The van der Waals surface area contributed by atoms with Crippen molar-refractivity contribution in [2.75, 3.05) is 0 Å². The van der Waals surface area contributed by atoms with Gasteiger partial charge in [0.2, 0.25) is 5.89 Å². The molecule has 0 radical (unpaired) electrons. The normalized spacial score (nSPS) is 14.6. The number of amides is 1. The molecule has 1 aliphatic carbocycles. The predicted octanol–water partition coefficient (Wildman–Crippen LogP) is 5.13. The lowest BCUT2D eigenvalue weighted by Gasteiger charge is -2.22. The monoisotopic (exact) mass is 377 g/mol. The Morgan fingerprint density at radius 2 is 1.93 bits per heavy atom. The summed E-state index contributed by atoms with van der Waals surface area (Å²) in [5.41, 5.74) is 3.50. The molecule has 1 aromatic carbocycles. The highest BCUT2D eigenvalue weighted by atomic mass is 16.6. The molecular weight excluding hydrogens is 354 g/mol. The lowest BCUT2D eigenvalue weighted by atomic mass is 9.96. The molecule has 1 N–H and O–H groups in total. The van der Waals surface area contributed by atoms with Gasteiger partial charge in [0.25, 0.3) is 0 Å². The SMILES string of the molecule is Cc1ccc(-c2cncc(-c3ncco3)c2)cc1OC(=O)NC1CCCCC1. The highest BCUT2D eigenvalue weighted by Gasteiger charge is 2.17. The first kappa shape index (κ1) is 18.2. The van der Waals surface area contributed by atoms with E-state index in [0.29, 0.717) is 11.6 Å². The van der Waals surface area contributed by atoms with Crippen LogP contribution in [0.25, 0.3) is 22.6 Å². The standard InChI is InChI=1S/C22H23N3O3/c1-15-7-8-16(17-11-18(14-23-13-17)21-24-9-10-27-21)12-20(15)28-22(26)25-19-5-3-2-4-6-19/h7-14,19H,2-6H2,1H3,(H,25,26). The largest absolute Gasteiger partial charge is 0.444 e. The molecule has 6 nitrogen and oxygen atoms in total. The Balaban J connectivity index is 1.52. The van der Waals surface area contributed by atoms with Crippen LogP contribution in [0.4, 0.5) is 4.79 Å². The van der Waals surface area contributed by atoms with E-state index in [1.165, 1.54) is 12.7 Å². The molecule has 2 aromatic heterocycles. The van der Waals surface area contributed by atoms with Gasteiger partial charge in [0.15, 0.2) is 0 Å². The Morgan fingerprint density at radius 1 is 1.11 bits per heavy atom. The van der Waals surface area contributed by atoms with Crippen LogP contribution in [0.5, 0.6) is 5.75 Å². The number of carbonyl (C=O) groups is 1. The molecule has 1 amide bonds. The van der Waals surface area contributed by atoms with Crippen LogP contribution in [0.1, 0.15) is 37.7 Å². The second-order valence-electron chi connectivity index (χ2n) is 7.15. The summed E-state index contributed by atoms with van der Waals surface area (Å²) in [6, 6.07) is 7.96. The molecule has 1 saturated carbocycles. The van der Waals surface area contributed by atoms with E-state index in [0.717, 1.165) is 47.9 Å². The Hall–Kier alpha value is -3.15. The van der Waals surface area contributed by atoms with Crippen LogP contribution in [0.3, 0.4) is 0 Å². The molecule has 0 atom stereocenters. The third kappa shape index (κ3) is 4.22. The van der Waals surface area contributed by atoms with Crippen LogP contribution >= 0.6 is 0 Å². The molecule has 6 heteroatoms. The van der Waals surface area contributed by atoms with E-state index in [-0.39, 0.29) is 12.1 Å². The summed E-state index contributed by atoms with van der Waals surface area (Å²) >= 11 is 0. The molecule has 1 aliphatic rings. The van der Waals surface area contributed by atoms with Gasteiger partial charge in [-0.3, -0.25) is 4.98 Å². The number of benzene rings is 1. The summed E-state index contributed by atoms with van der Waals surface area (Å²) in [5.74, 6) is 1.07. The minimum atomic E-state index is -0.390. The second kappa shape index (κ2) is 8.25. The molecule has 0 bridgehead atoms. The maximum absolute atomic E-state index is 12.3. The Kier molecular flexibility index (Phi) is 5.37. The number of nitrogens with one attached hydrogen (secondary N) is 1. The summed E-state index contributed by atoms with van der Waals surface area (Å²) in [6.07, 6.45) is 11.8. The van der Waals surface area contributed by atoms with Gasteiger partial charge in [-0.25, -0.2) is 9.78 Å². The fourth-order valence-corrected chi connectivity index (χ4v) is 3.51. The van der Waals surface area contributed by atoms with Gasteiger partial charge >= 0.3 is 6.09 Å². The average Bonchev–Trinajstić information content (AvgIpc) is 3.25. The second-order valence-corrected chi connectivity index (χ2v) is 7.15. The van der Waals surface area contributed by atoms with Crippen LogP contribution in [0.2, 0.25) is 0 Å². The summed E-state index contributed by atoms with van der Waals surface area (Å²) < 4.78 is 11.0. The lowest BCUT2D eigenvalue weighted by molar-refractivity contribution is 0.191. The van der Waals surface area contributed by atoms with Crippen LogP contribution < -0.4 is 10.1 Å². The average molecular weight is 377 g/mol. The van der Waals surface area contributed by atoms with E-state index in [1.807, 2.05) is 31.2 Å². The zero-order chi connectivity index (χ0) is 19.3. The number of hydrogen-bond donors (Lipinski definition) is 1. The van der Waals surface area contributed by atoms with Gasteiger partial charge in [-0.2, -0.15) is 0 Å². The maximum atomic E-state index is 12.3. The van der Waals surface area contributed by atoms with Gasteiger partial charge < -0.3 is 14.5 Å². The Morgan fingerprint density at radius 3 is 2.71 bits per heavy atom.